The average Bonchev–Trinajstić information content (AvgIpc) is 3.80. The summed E-state index contributed by atoms with van der Waals surface area (Å²) in [5.74, 6) is 2.71. The van der Waals surface area contributed by atoms with Gasteiger partial charge in [-0.25, -0.2) is 0 Å². The first kappa shape index (κ1) is 38.1. The summed E-state index contributed by atoms with van der Waals surface area (Å²) < 4.78 is 11.4. The van der Waals surface area contributed by atoms with Gasteiger partial charge in [-0.1, -0.05) is 94.2 Å². The minimum Gasteiger partial charge on any atom is -0.356 e. The summed E-state index contributed by atoms with van der Waals surface area (Å²) in [6.45, 7) is 11.0. The number of aromatic nitrogens is 2. The maximum atomic E-state index is 5.99. The zero-order valence-electron chi connectivity index (χ0n) is 31.4. The lowest BCUT2D eigenvalue weighted by molar-refractivity contribution is 0.211. The lowest BCUT2D eigenvalue weighted by Crippen LogP contribution is -2.34. The predicted molar refractivity (Wildman–Crippen MR) is 220 cm³/mol. The van der Waals surface area contributed by atoms with Crippen molar-refractivity contribution >= 4 is 23.2 Å². The van der Waals surface area contributed by atoms with Crippen LogP contribution in [0.25, 0.3) is 22.6 Å². The van der Waals surface area contributed by atoms with Gasteiger partial charge in [0.05, 0.1) is 11.4 Å². The van der Waals surface area contributed by atoms with Crippen LogP contribution in [0, 0.1) is 13.8 Å². The molecule has 2 aliphatic rings. The lowest BCUT2D eigenvalue weighted by atomic mass is 9.90. The van der Waals surface area contributed by atoms with Crippen LogP contribution in [0.4, 0.5) is 0 Å². The van der Waals surface area contributed by atoms with Crippen LogP contribution in [0.3, 0.4) is 0 Å². The van der Waals surface area contributed by atoms with Gasteiger partial charge in [-0.05, 0) is 138 Å². The third-order valence-electron chi connectivity index (χ3n) is 11.2. The molecule has 2 saturated heterocycles. The smallest absolute Gasteiger partial charge is 0.170 e. The van der Waals surface area contributed by atoms with Crippen LogP contribution in [0.5, 0.6) is 0 Å². The molecule has 0 atom stereocenters. The zero-order chi connectivity index (χ0) is 37.3. The number of likely N-dealkylation sites (tertiary alicyclic amines) is 2. The molecule has 4 heterocycles. The van der Waals surface area contributed by atoms with Gasteiger partial charge in [0.25, 0.3) is 0 Å². The van der Waals surface area contributed by atoms with Crippen LogP contribution in [-0.2, 0) is 12.8 Å². The quantitative estimate of drug-likeness (QED) is 0.139. The highest BCUT2D eigenvalue weighted by Gasteiger charge is 2.27. The minimum atomic E-state index is 0.489. The molecule has 8 rings (SSSR count). The van der Waals surface area contributed by atoms with E-state index in [1.807, 2.05) is 48.5 Å². The first-order valence-electron chi connectivity index (χ1n) is 19.4. The van der Waals surface area contributed by atoms with Gasteiger partial charge >= 0.3 is 0 Å². The Balaban J connectivity index is 0.000000167. The van der Waals surface area contributed by atoms with Crippen LogP contribution in [0.2, 0.25) is 10.0 Å². The Kier molecular flexibility index (Phi) is 13.0. The van der Waals surface area contributed by atoms with Gasteiger partial charge in [0, 0.05) is 57.2 Å². The molecule has 54 heavy (non-hydrogen) atoms. The van der Waals surface area contributed by atoms with E-state index in [2.05, 4.69) is 94.6 Å². The molecule has 0 bridgehead atoms. The number of hydrogen-bond acceptors (Lipinski definition) is 6. The molecule has 6 nitrogen and oxygen atoms in total. The summed E-state index contributed by atoms with van der Waals surface area (Å²) in [6.07, 6.45) is 6.80. The molecule has 0 aliphatic carbocycles. The molecule has 0 amide bonds. The van der Waals surface area contributed by atoms with Crippen LogP contribution in [0.15, 0.2) is 118 Å². The van der Waals surface area contributed by atoms with Crippen LogP contribution in [-0.4, -0.2) is 59.4 Å². The second-order valence-corrected chi connectivity index (χ2v) is 15.6. The van der Waals surface area contributed by atoms with Crippen LogP contribution < -0.4 is 0 Å². The maximum absolute atomic E-state index is 5.99. The Morgan fingerprint density at radius 1 is 0.519 bits per heavy atom. The number of hydrogen-bond donors (Lipinski definition) is 0. The molecule has 2 fully saturated rings. The van der Waals surface area contributed by atoms with Crippen molar-refractivity contribution in [2.75, 3.05) is 39.3 Å². The van der Waals surface area contributed by atoms with Gasteiger partial charge in [-0.2, -0.15) is 0 Å². The second-order valence-electron chi connectivity index (χ2n) is 14.8. The Labute approximate surface area is 330 Å². The highest BCUT2D eigenvalue weighted by atomic mass is 35.5. The van der Waals surface area contributed by atoms with E-state index >= 15 is 0 Å². The van der Waals surface area contributed by atoms with E-state index in [9.17, 15) is 0 Å². The topological polar surface area (TPSA) is 58.5 Å². The number of benzene rings is 4. The van der Waals surface area contributed by atoms with E-state index in [0.29, 0.717) is 11.8 Å². The summed E-state index contributed by atoms with van der Waals surface area (Å²) >= 11 is 12.0. The molecule has 280 valence electrons. The molecule has 0 spiro atoms. The molecule has 0 radical (unpaired) electrons. The fourth-order valence-corrected chi connectivity index (χ4v) is 8.17. The van der Waals surface area contributed by atoms with Crippen molar-refractivity contribution in [2.24, 2.45) is 0 Å². The van der Waals surface area contributed by atoms with Gasteiger partial charge in [0.2, 0.25) is 0 Å². The SMILES string of the molecule is Cc1c(C2CCN(CCc3ccccc3)CC2)noc1-c1ccc(Cl)cc1.Cc1c(C2CCN(CCc3ccccc3)CC2)noc1-c1ccc(Cl)cc1. The van der Waals surface area contributed by atoms with Crippen molar-refractivity contribution in [3.05, 3.63) is 153 Å². The van der Waals surface area contributed by atoms with Crippen molar-refractivity contribution in [2.45, 2.75) is 64.2 Å². The second kappa shape index (κ2) is 18.4. The van der Waals surface area contributed by atoms with E-state index in [1.54, 1.807) is 0 Å². The zero-order valence-corrected chi connectivity index (χ0v) is 32.9. The molecule has 2 aliphatic heterocycles. The molecule has 4 aromatic carbocycles. The number of halogens is 2. The molecular formula is C46H50Cl2N4O2. The number of piperidine rings is 2. The molecule has 0 unspecified atom stereocenters. The Bertz CT molecular complexity index is 1880. The average molecular weight is 762 g/mol. The van der Waals surface area contributed by atoms with Gasteiger partial charge in [0.1, 0.15) is 0 Å². The highest BCUT2D eigenvalue weighted by Crippen LogP contribution is 2.36. The number of rotatable bonds is 10. The molecular weight excluding hydrogens is 711 g/mol. The summed E-state index contributed by atoms with van der Waals surface area (Å²) in [5, 5.41) is 10.3. The fourth-order valence-electron chi connectivity index (χ4n) is 7.92. The maximum Gasteiger partial charge on any atom is 0.170 e. The summed E-state index contributed by atoms with van der Waals surface area (Å²) in [7, 11) is 0. The first-order chi connectivity index (χ1) is 26.4. The van der Waals surface area contributed by atoms with E-state index in [0.717, 1.165) is 122 Å². The Morgan fingerprint density at radius 2 is 0.870 bits per heavy atom. The van der Waals surface area contributed by atoms with Crippen LogP contribution in [0.1, 0.15) is 71.2 Å². The number of nitrogens with zero attached hydrogens (tertiary/aromatic N) is 4. The molecule has 8 heteroatoms. The monoisotopic (exact) mass is 760 g/mol. The summed E-state index contributed by atoms with van der Waals surface area (Å²) in [6, 6.07) is 37.0. The van der Waals surface area contributed by atoms with Crippen molar-refractivity contribution in [3.63, 3.8) is 0 Å². The lowest BCUT2D eigenvalue weighted by Gasteiger charge is -2.31. The first-order valence-corrected chi connectivity index (χ1v) is 20.1. The standard InChI is InChI=1S/2C23H25ClN2O/c2*1-17-22(25-27-23(17)20-7-9-21(24)10-8-20)19-12-15-26(16-13-19)14-11-18-5-3-2-4-6-18/h2*2-10,19H,11-16H2,1H3. The minimum absolute atomic E-state index is 0.489. The van der Waals surface area contributed by atoms with Crippen molar-refractivity contribution in [1.82, 2.24) is 20.1 Å². The summed E-state index contributed by atoms with van der Waals surface area (Å²) in [4.78, 5) is 5.14. The predicted octanol–water partition coefficient (Wildman–Crippen LogP) is 11.5. The van der Waals surface area contributed by atoms with Gasteiger partial charge in [-0.15, -0.1) is 0 Å². The van der Waals surface area contributed by atoms with Gasteiger partial charge in [-0.3, -0.25) is 0 Å². The normalized spacial score (nSPS) is 15.9. The third kappa shape index (κ3) is 9.72. The van der Waals surface area contributed by atoms with Crippen LogP contribution >= 0.6 is 23.2 Å². The van der Waals surface area contributed by atoms with E-state index in [1.165, 1.54) is 22.3 Å². The third-order valence-corrected chi connectivity index (χ3v) is 11.7. The van der Waals surface area contributed by atoms with E-state index in [-0.39, 0.29) is 0 Å². The van der Waals surface area contributed by atoms with E-state index in [4.69, 9.17) is 32.2 Å². The van der Waals surface area contributed by atoms with Gasteiger partial charge in [0.15, 0.2) is 11.5 Å². The van der Waals surface area contributed by atoms with Crippen molar-refractivity contribution in [3.8, 4) is 22.6 Å². The van der Waals surface area contributed by atoms with Gasteiger partial charge < -0.3 is 18.8 Å². The molecule has 6 aromatic rings. The highest BCUT2D eigenvalue weighted by molar-refractivity contribution is 6.30. The van der Waals surface area contributed by atoms with E-state index < -0.39 is 0 Å². The Morgan fingerprint density at radius 3 is 1.22 bits per heavy atom. The molecule has 0 saturated carbocycles. The van der Waals surface area contributed by atoms with Crippen molar-refractivity contribution in [1.29, 1.82) is 0 Å². The molecule has 0 N–H and O–H groups in total. The largest absolute Gasteiger partial charge is 0.356 e. The Hall–Kier alpha value is -4.20. The molecule has 2 aromatic heterocycles. The van der Waals surface area contributed by atoms with Crippen molar-refractivity contribution < 1.29 is 9.05 Å². The fraction of sp³-hybridized carbons (Fsp3) is 0.348. The summed E-state index contributed by atoms with van der Waals surface area (Å²) in [5.41, 5.74) is 9.50.